The third kappa shape index (κ3) is 5.53. The molecule has 0 radical (unpaired) electrons. The van der Waals surface area contributed by atoms with Gasteiger partial charge in [-0.1, -0.05) is 43.1 Å². The molecule has 0 aromatic heterocycles. The van der Waals surface area contributed by atoms with Crippen LogP contribution in [0.3, 0.4) is 0 Å². The van der Waals surface area contributed by atoms with Crippen molar-refractivity contribution in [1.29, 1.82) is 0 Å². The van der Waals surface area contributed by atoms with E-state index in [4.69, 9.17) is 4.74 Å². The van der Waals surface area contributed by atoms with Gasteiger partial charge in [0.25, 0.3) is 0 Å². The maximum Gasteiger partial charge on any atom is 0.123 e. The molecule has 0 heterocycles. The van der Waals surface area contributed by atoms with Crippen LogP contribution in [0.1, 0.15) is 46.1 Å². The average Bonchev–Trinajstić information content (AvgIpc) is 2.42. The van der Waals surface area contributed by atoms with Gasteiger partial charge in [0.15, 0.2) is 0 Å². The van der Waals surface area contributed by atoms with Gasteiger partial charge in [-0.25, -0.2) is 0 Å². The first-order chi connectivity index (χ1) is 9.08. The molecule has 0 aliphatic carbocycles. The van der Waals surface area contributed by atoms with Gasteiger partial charge >= 0.3 is 0 Å². The number of halogens is 1. The summed E-state index contributed by atoms with van der Waals surface area (Å²) in [5.41, 5.74) is 1.22. The fraction of sp³-hybridized carbons (Fsp3) is 0.625. The van der Waals surface area contributed by atoms with Crippen LogP contribution in [0.25, 0.3) is 0 Å². The smallest absolute Gasteiger partial charge is 0.123 e. The Kier molecular flexibility index (Phi) is 7.47. The lowest BCUT2D eigenvalue weighted by molar-refractivity contribution is 0.311. The van der Waals surface area contributed by atoms with Crippen molar-refractivity contribution in [1.82, 2.24) is 5.32 Å². The summed E-state index contributed by atoms with van der Waals surface area (Å²) in [6.45, 7) is 10.5. The van der Waals surface area contributed by atoms with E-state index in [1.807, 2.05) is 12.1 Å². The number of hydrogen-bond donors (Lipinski definition) is 1. The highest BCUT2D eigenvalue weighted by atomic mass is 79.9. The summed E-state index contributed by atoms with van der Waals surface area (Å²) in [7, 11) is 0. The standard InChI is InChI=1S/C16H26BrNO/c1-5-9-19-16-8-7-15(17)10-14(16)11-18-13(4)12(3)6-2/h7-8,10,12-13,18H,5-6,9,11H2,1-4H3. The Morgan fingerprint density at radius 1 is 1.26 bits per heavy atom. The van der Waals surface area contributed by atoms with Crippen LogP contribution in [0.15, 0.2) is 22.7 Å². The summed E-state index contributed by atoms with van der Waals surface area (Å²) in [6, 6.07) is 6.74. The van der Waals surface area contributed by atoms with Crippen molar-refractivity contribution in [2.75, 3.05) is 6.61 Å². The number of hydrogen-bond acceptors (Lipinski definition) is 2. The zero-order valence-electron chi connectivity index (χ0n) is 12.5. The van der Waals surface area contributed by atoms with Gasteiger partial charge in [-0.3, -0.25) is 0 Å². The number of benzene rings is 1. The van der Waals surface area contributed by atoms with E-state index in [-0.39, 0.29) is 0 Å². The molecule has 0 amide bonds. The molecule has 19 heavy (non-hydrogen) atoms. The van der Waals surface area contributed by atoms with Gasteiger partial charge in [-0.05, 0) is 37.5 Å². The van der Waals surface area contributed by atoms with E-state index >= 15 is 0 Å². The zero-order valence-corrected chi connectivity index (χ0v) is 14.1. The summed E-state index contributed by atoms with van der Waals surface area (Å²) in [5, 5.41) is 3.59. The van der Waals surface area contributed by atoms with Crippen molar-refractivity contribution in [3.8, 4) is 5.75 Å². The van der Waals surface area contributed by atoms with E-state index in [2.05, 4.69) is 55.0 Å². The Balaban J connectivity index is 2.67. The molecule has 1 rings (SSSR count). The van der Waals surface area contributed by atoms with Gasteiger partial charge in [-0.2, -0.15) is 0 Å². The van der Waals surface area contributed by atoms with Crippen molar-refractivity contribution in [2.45, 2.75) is 53.1 Å². The monoisotopic (exact) mass is 327 g/mol. The highest BCUT2D eigenvalue weighted by molar-refractivity contribution is 9.10. The third-order valence-electron chi connectivity index (χ3n) is 3.60. The number of nitrogens with one attached hydrogen (secondary N) is 1. The van der Waals surface area contributed by atoms with Crippen LogP contribution in [-0.4, -0.2) is 12.6 Å². The Bertz CT molecular complexity index is 381. The zero-order chi connectivity index (χ0) is 14.3. The highest BCUT2D eigenvalue weighted by Gasteiger charge is 2.11. The summed E-state index contributed by atoms with van der Waals surface area (Å²) >= 11 is 3.53. The molecule has 2 nitrogen and oxygen atoms in total. The van der Waals surface area contributed by atoms with Gasteiger partial charge in [0.05, 0.1) is 6.61 Å². The lowest BCUT2D eigenvalue weighted by Crippen LogP contribution is -2.31. The fourth-order valence-corrected chi connectivity index (χ4v) is 2.27. The van der Waals surface area contributed by atoms with Crippen molar-refractivity contribution in [3.63, 3.8) is 0 Å². The number of ether oxygens (including phenoxy) is 1. The molecule has 0 aliphatic heterocycles. The molecule has 2 unspecified atom stereocenters. The minimum absolute atomic E-state index is 0.517. The predicted molar refractivity (Wildman–Crippen MR) is 85.7 cm³/mol. The molecule has 2 atom stereocenters. The Labute approximate surface area is 126 Å². The minimum atomic E-state index is 0.517. The Hall–Kier alpha value is -0.540. The molecule has 0 saturated carbocycles. The lowest BCUT2D eigenvalue weighted by Gasteiger charge is -2.21. The molecule has 108 valence electrons. The molecule has 0 bridgehead atoms. The second kappa shape index (κ2) is 8.60. The van der Waals surface area contributed by atoms with Crippen LogP contribution in [-0.2, 0) is 6.54 Å². The maximum absolute atomic E-state index is 5.80. The van der Waals surface area contributed by atoms with Crippen LogP contribution >= 0.6 is 15.9 Å². The van der Waals surface area contributed by atoms with Gasteiger partial charge in [0.1, 0.15) is 5.75 Å². The van der Waals surface area contributed by atoms with E-state index in [1.165, 1.54) is 12.0 Å². The molecule has 0 aliphatic rings. The largest absolute Gasteiger partial charge is 0.493 e. The normalized spacial score (nSPS) is 14.2. The summed E-state index contributed by atoms with van der Waals surface area (Å²) < 4.78 is 6.90. The van der Waals surface area contributed by atoms with Crippen LogP contribution in [0.2, 0.25) is 0 Å². The second-order valence-corrected chi connectivity index (χ2v) is 6.07. The second-order valence-electron chi connectivity index (χ2n) is 5.16. The van der Waals surface area contributed by atoms with Crippen molar-refractivity contribution in [3.05, 3.63) is 28.2 Å². The van der Waals surface area contributed by atoms with Crippen molar-refractivity contribution < 1.29 is 4.74 Å². The van der Waals surface area contributed by atoms with Crippen molar-refractivity contribution >= 4 is 15.9 Å². The quantitative estimate of drug-likeness (QED) is 0.743. The molecule has 1 N–H and O–H groups in total. The van der Waals surface area contributed by atoms with Crippen LogP contribution in [0, 0.1) is 5.92 Å². The average molecular weight is 328 g/mol. The first-order valence-corrected chi connectivity index (χ1v) is 8.02. The Morgan fingerprint density at radius 2 is 2.00 bits per heavy atom. The van der Waals surface area contributed by atoms with E-state index in [1.54, 1.807) is 0 Å². The molecular weight excluding hydrogens is 302 g/mol. The van der Waals surface area contributed by atoms with Crippen LogP contribution < -0.4 is 10.1 Å². The molecule has 1 aromatic rings. The molecule has 0 fully saturated rings. The Morgan fingerprint density at radius 3 is 2.63 bits per heavy atom. The van der Waals surface area contributed by atoms with Gasteiger partial charge in [-0.15, -0.1) is 0 Å². The summed E-state index contributed by atoms with van der Waals surface area (Å²) in [4.78, 5) is 0. The fourth-order valence-electron chi connectivity index (χ4n) is 1.86. The molecular formula is C16H26BrNO. The third-order valence-corrected chi connectivity index (χ3v) is 4.09. The van der Waals surface area contributed by atoms with Gasteiger partial charge < -0.3 is 10.1 Å². The van der Waals surface area contributed by atoms with Gasteiger partial charge in [0, 0.05) is 22.6 Å². The topological polar surface area (TPSA) is 21.3 Å². The number of rotatable bonds is 8. The van der Waals surface area contributed by atoms with E-state index in [0.29, 0.717) is 12.0 Å². The summed E-state index contributed by atoms with van der Waals surface area (Å²) in [6.07, 6.45) is 2.23. The lowest BCUT2D eigenvalue weighted by atomic mass is 10.0. The van der Waals surface area contributed by atoms with Gasteiger partial charge in [0.2, 0.25) is 0 Å². The molecule has 1 aromatic carbocycles. The molecule has 0 saturated heterocycles. The molecule has 3 heteroatoms. The predicted octanol–water partition coefficient (Wildman–Crippen LogP) is 4.76. The maximum atomic E-state index is 5.80. The SMILES string of the molecule is CCCOc1ccc(Br)cc1CNC(C)C(C)CC. The van der Waals surface area contributed by atoms with Crippen molar-refractivity contribution in [2.24, 2.45) is 5.92 Å². The summed E-state index contributed by atoms with van der Waals surface area (Å²) in [5.74, 6) is 1.68. The van der Waals surface area contributed by atoms with E-state index in [9.17, 15) is 0 Å². The highest BCUT2D eigenvalue weighted by Crippen LogP contribution is 2.24. The molecule has 0 spiro atoms. The van der Waals surface area contributed by atoms with Crippen LogP contribution in [0.4, 0.5) is 0 Å². The van der Waals surface area contributed by atoms with Crippen LogP contribution in [0.5, 0.6) is 5.75 Å². The van der Waals surface area contributed by atoms with E-state index in [0.717, 1.165) is 29.8 Å². The first-order valence-electron chi connectivity index (χ1n) is 7.23. The van der Waals surface area contributed by atoms with E-state index < -0.39 is 0 Å². The first kappa shape index (κ1) is 16.5. The minimum Gasteiger partial charge on any atom is -0.493 e.